The molecule has 1 aromatic heterocycles. The lowest BCUT2D eigenvalue weighted by atomic mass is 10.0. The number of nitrogens with zero attached hydrogens (tertiary/aromatic N) is 1. The summed E-state index contributed by atoms with van der Waals surface area (Å²) in [6.07, 6.45) is 2.33. The van der Waals surface area contributed by atoms with E-state index < -0.39 is 0 Å². The van der Waals surface area contributed by atoms with Gasteiger partial charge in [-0.1, -0.05) is 30.7 Å². The Morgan fingerprint density at radius 2 is 2.15 bits per heavy atom. The zero-order valence-electron chi connectivity index (χ0n) is 11.0. The van der Waals surface area contributed by atoms with Crippen molar-refractivity contribution in [2.75, 3.05) is 6.54 Å². The van der Waals surface area contributed by atoms with Gasteiger partial charge in [0.05, 0.1) is 21.2 Å². The summed E-state index contributed by atoms with van der Waals surface area (Å²) < 4.78 is 14.1. The number of nitrogens with one attached hydrogen (secondary N) is 1. The molecule has 5 heteroatoms. The van der Waals surface area contributed by atoms with Gasteiger partial charge in [-0.3, -0.25) is 4.98 Å². The molecule has 2 aromatic rings. The third kappa shape index (κ3) is 3.57. The fraction of sp³-hybridized carbons (Fsp3) is 0.267. The van der Waals surface area contributed by atoms with E-state index in [0.29, 0.717) is 15.9 Å². The first-order chi connectivity index (χ1) is 9.63. The van der Waals surface area contributed by atoms with Gasteiger partial charge in [0.25, 0.3) is 0 Å². The molecule has 1 aromatic carbocycles. The van der Waals surface area contributed by atoms with Gasteiger partial charge in [0.15, 0.2) is 0 Å². The van der Waals surface area contributed by atoms with E-state index in [4.69, 9.17) is 11.6 Å². The molecular formula is C15H15BrClFN2. The highest BCUT2D eigenvalue weighted by molar-refractivity contribution is 9.10. The van der Waals surface area contributed by atoms with Crippen LogP contribution in [0.3, 0.4) is 0 Å². The number of likely N-dealkylation sites (N-methyl/N-ethyl adjacent to an activating group) is 1. The van der Waals surface area contributed by atoms with Gasteiger partial charge in [-0.05, 0) is 52.7 Å². The second-order valence-electron chi connectivity index (χ2n) is 4.40. The zero-order chi connectivity index (χ0) is 14.5. The Morgan fingerprint density at radius 3 is 2.85 bits per heavy atom. The molecule has 2 nitrogen and oxygen atoms in total. The summed E-state index contributed by atoms with van der Waals surface area (Å²) in [6.45, 7) is 2.80. The number of hydrogen-bond acceptors (Lipinski definition) is 2. The van der Waals surface area contributed by atoms with Crippen molar-refractivity contribution in [1.82, 2.24) is 10.3 Å². The lowest BCUT2D eigenvalue weighted by Gasteiger charge is -2.19. The quantitative estimate of drug-likeness (QED) is 0.850. The summed E-state index contributed by atoms with van der Waals surface area (Å²) >= 11 is 9.50. The van der Waals surface area contributed by atoms with Crippen LogP contribution in [0.15, 0.2) is 41.0 Å². The van der Waals surface area contributed by atoms with Gasteiger partial charge in [-0.2, -0.15) is 0 Å². The number of hydrogen-bond donors (Lipinski definition) is 1. The van der Waals surface area contributed by atoms with Crippen LogP contribution in [0.25, 0.3) is 0 Å². The topological polar surface area (TPSA) is 24.9 Å². The predicted molar refractivity (Wildman–Crippen MR) is 83.5 cm³/mol. The van der Waals surface area contributed by atoms with E-state index in [9.17, 15) is 4.39 Å². The van der Waals surface area contributed by atoms with Crippen LogP contribution in [-0.2, 0) is 6.42 Å². The van der Waals surface area contributed by atoms with Gasteiger partial charge in [-0.25, -0.2) is 4.39 Å². The maximum absolute atomic E-state index is 13.6. The molecule has 0 spiro atoms. The van der Waals surface area contributed by atoms with E-state index in [1.165, 1.54) is 6.07 Å². The summed E-state index contributed by atoms with van der Waals surface area (Å²) in [5.41, 5.74) is 1.67. The van der Waals surface area contributed by atoms with E-state index in [1.54, 1.807) is 18.3 Å². The van der Waals surface area contributed by atoms with Crippen LogP contribution in [0.1, 0.15) is 24.2 Å². The molecule has 106 valence electrons. The fourth-order valence-corrected chi connectivity index (χ4v) is 2.77. The smallest absolute Gasteiger partial charge is 0.137 e. The van der Waals surface area contributed by atoms with Crippen molar-refractivity contribution in [2.24, 2.45) is 0 Å². The van der Waals surface area contributed by atoms with Crippen LogP contribution >= 0.6 is 27.5 Å². The van der Waals surface area contributed by atoms with Gasteiger partial charge in [0, 0.05) is 6.20 Å². The SMILES string of the molecule is CCNC(Cc1cccc(F)c1Br)c1ncccc1Cl. The van der Waals surface area contributed by atoms with Crippen molar-refractivity contribution in [3.63, 3.8) is 0 Å². The summed E-state index contributed by atoms with van der Waals surface area (Å²) in [6, 6.07) is 8.60. The monoisotopic (exact) mass is 356 g/mol. The van der Waals surface area contributed by atoms with Crippen molar-refractivity contribution < 1.29 is 4.39 Å². The lowest BCUT2D eigenvalue weighted by molar-refractivity contribution is 0.532. The minimum Gasteiger partial charge on any atom is -0.309 e. The van der Waals surface area contributed by atoms with E-state index in [-0.39, 0.29) is 11.9 Å². The highest BCUT2D eigenvalue weighted by Crippen LogP contribution is 2.28. The van der Waals surface area contributed by atoms with Gasteiger partial charge >= 0.3 is 0 Å². The standard InChI is InChI=1S/C15H15BrClFN2/c1-2-19-13(15-11(17)6-4-8-20-15)9-10-5-3-7-12(18)14(10)16/h3-8,13,19H,2,9H2,1H3. The summed E-state index contributed by atoms with van der Waals surface area (Å²) in [4.78, 5) is 4.34. The Morgan fingerprint density at radius 1 is 1.35 bits per heavy atom. The highest BCUT2D eigenvalue weighted by atomic mass is 79.9. The molecule has 0 saturated heterocycles. The average Bonchev–Trinajstić information content (AvgIpc) is 2.44. The molecule has 0 aliphatic carbocycles. The molecule has 0 aliphatic rings. The zero-order valence-corrected chi connectivity index (χ0v) is 13.4. The highest BCUT2D eigenvalue weighted by Gasteiger charge is 2.17. The van der Waals surface area contributed by atoms with E-state index >= 15 is 0 Å². The Bertz CT molecular complexity index is 592. The Kier molecular flexibility index (Phi) is 5.52. The van der Waals surface area contributed by atoms with Crippen molar-refractivity contribution in [3.8, 4) is 0 Å². The fourth-order valence-electron chi connectivity index (χ4n) is 2.09. The van der Waals surface area contributed by atoms with Crippen molar-refractivity contribution >= 4 is 27.5 Å². The molecule has 0 aliphatic heterocycles. The van der Waals surface area contributed by atoms with Crippen molar-refractivity contribution in [2.45, 2.75) is 19.4 Å². The largest absolute Gasteiger partial charge is 0.309 e. The third-order valence-corrected chi connectivity index (χ3v) is 4.23. The Labute approximate surface area is 131 Å². The summed E-state index contributed by atoms with van der Waals surface area (Å²) in [5, 5.41) is 3.96. The van der Waals surface area contributed by atoms with Gasteiger partial charge in [0.2, 0.25) is 0 Å². The summed E-state index contributed by atoms with van der Waals surface area (Å²) in [5.74, 6) is -0.259. The van der Waals surface area contributed by atoms with Crippen LogP contribution in [0.4, 0.5) is 4.39 Å². The number of aromatic nitrogens is 1. The van der Waals surface area contributed by atoms with Crippen molar-refractivity contribution in [1.29, 1.82) is 0 Å². The molecule has 0 saturated carbocycles. The van der Waals surface area contributed by atoms with Crippen LogP contribution in [0.2, 0.25) is 5.02 Å². The third-order valence-electron chi connectivity index (χ3n) is 3.02. The normalized spacial score (nSPS) is 12.4. The number of pyridine rings is 1. The van der Waals surface area contributed by atoms with Gasteiger partial charge in [-0.15, -0.1) is 0 Å². The molecule has 0 bridgehead atoms. The van der Waals surface area contributed by atoms with E-state index in [0.717, 1.165) is 17.8 Å². The van der Waals surface area contributed by atoms with Gasteiger partial charge < -0.3 is 5.32 Å². The molecule has 0 amide bonds. The molecular weight excluding hydrogens is 343 g/mol. The van der Waals surface area contributed by atoms with Crippen molar-refractivity contribution in [3.05, 3.63) is 63.1 Å². The second-order valence-corrected chi connectivity index (χ2v) is 5.60. The first-order valence-electron chi connectivity index (χ1n) is 6.40. The van der Waals surface area contributed by atoms with Crippen LogP contribution in [0, 0.1) is 5.82 Å². The molecule has 1 unspecified atom stereocenters. The maximum Gasteiger partial charge on any atom is 0.137 e. The summed E-state index contributed by atoms with van der Waals surface area (Å²) in [7, 11) is 0. The lowest BCUT2D eigenvalue weighted by Crippen LogP contribution is -2.24. The molecule has 0 fully saturated rings. The number of benzene rings is 1. The van der Waals surface area contributed by atoms with Gasteiger partial charge in [0.1, 0.15) is 5.82 Å². The van der Waals surface area contributed by atoms with Crippen LogP contribution < -0.4 is 5.32 Å². The predicted octanol–water partition coefficient (Wildman–Crippen LogP) is 4.53. The maximum atomic E-state index is 13.6. The van der Waals surface area contributed by atoms with Crippen LogP contribution in [0.5, 0.6) is 0 Å². The second kappa shape index (κ2) is 7.16. The molecule has 0 radical (unpaired) electrons. The minimum atomic E-state index is -0.259. The molecule has 1 heterocycles. The first-order valence-corrected chi connectivity index (χ1v) is 7.57. The minimum absolute atomic E-state index is 0.0493. The molecule has 1 N–H and O–H groups in total. The number of halogens is 3. The van der Waals surface area contributed by atoms with E-state index in [2.05, 4.69) is 26.2 Å². The number of rotatable bonds is 5. The Hall–Kier alpha value is -0.970. The Balaban J connectivity index is 2.31. The molecule has 20 heavy (non-hydrogen) atoms. The van der Waals surface area contributed by atoms with E-state index in [1.807, 2.05) is 19.1 Å². The molecule has 2 rings (SSSR count). The molecule has 1 atom stereocenters. The average molecular weight is 358 g/mol. The van der Waals surface area contributed by atoms with Crippen LogP contribution in [-0.4, -0.2) is 11.5 Å². The first kappa shape index (κ1) is 15.4.